The van der Waals surface area contributed by atoms with Crippen LogP contribution in [0.25, 0.3) is 0 Å². The molecule has 9 heteroatoms. The van der Waals surface area contributed by atoms with E-state index in [1.54, 1.807) is 0 Å². The molecule has 1 aromatic heterocycles. The summed E-state index contributed by atoms with van der Waals surface area (Å²) >= 11 is 0. The van der Waals surface area contributed by atoms with Gasteiger partial charge in [-0.15, -0.1) is 0 Å². The fraction of sp³-hybridized carbons (Fsp3) is 0.692. The molecule has 0 radical (unpaired) electrons. The predicted molar refractivity (Wildman–Crippen MR) is 76.7 cm³/mol. The molecular formula is C13H20F3N3O2S. The van der Waals surface area contributed by atoms with E-state index in [0.29, 0.717) is 36.8 Å². The number of nitrogens with zero attached hydrogens (tertiary/aromatic N) is 2. The van der Waals surface area contributed by atoms with Crippen molar-refractivity contribution in [1.29, 1.82) is 0 Å². The van der Waals surface area contributed by atoms with Crippen molar-refractivity contribution >= 4 is 10.0 Å². The minimum Gasteiger partial charge on any atom is -0.364 e. The van der Waals surface area contributed by atoms with Crippen LogP contribution >= 0.6 is 0 Å². The van der Waals surface area contributed by atoms with Gasteiger partial charge >= 0.3 is 6.18 Å². The van der Waals surface area contributed by atoms with Gasteiger partial charge in [-0.1, -0.05) is 0 Å². The summed E-state index contributed by atoms with van der Waals surface area (Å²) in [6.07, 6.45) is -1.06. The maximum Gasteiger partial charge on any atom is 0.402 e. The van der Waals surface area contributed by atoms with Crippen LogP contribution in [-0.2, 0) is 16.6 Å². The number of hydrogen-bond donors (Lipinski definition) is 1. The lowest BCUT2D eigenvalue weighted by Gasteiger charge is -2.37. The molecular weight excluding hydrogens is 319 g/mol. The van der Waals surface area contributed by atoms with Crippen LogP contribution in [-0.4, -0.2) is 60.7 Å². The largest absolute Gasteiger partial charge is 0.402 e. The number of likely N-dealkylation sites (tertiary alicyclic amines) is 1. The van der Waals surface area contributed by atoms with Gasteiger partial charge < -0.3 is 4.98 Å². The molecule has 1 saturated heterocycles. The first-order valence-electron chi connectivity index (χ1n) is 7.03. The molecule has 0 unspecified atom stereocenters. The number of hydrogen-bond acceptors (Lipinski definition) is 3. The van der Waals surface area contributed by atoms with E-state index in [1.165, 1.54) is 0 Å². The number of piperidine rings is 1. The van der Waals surface area contributed by atoms with Crippen molar-refractivity contribution in [2.75, 3.05) is 25.9 Å². The highest BCUT2D eigenvalue weighted by Gasteiger charge is 2.39. The Hall–Kier alpha value is -1.06. The summed E-state index contributed by atoms with van der Waals surface area (Å²) in [5, 5.41) is 0. The molecule has 126 valence electrons. The van der Waals surface area contributed by atoms with E-state index in [1.807, 2.05) is 18.3 Å². The maximum absolute atomic E-state index is 12.6. The molecule has 0 atom stereocenters. The second kappa shape index (κ2) is 6.59. The number of sulfonamides is 1. The first-order valence-corrected chi connectivity index (χ1v) is 8.88. The third-order valence-corrected chi connectivity index (χ3v) is 5.06. The smallest absolute Gasteiger partial charge is 0.364 e. The van der Waals surface area contributed by atoms with Crippen LogP contribution in [0.5, 0.6) is 0 Å². The monoisotopic (exact) mass is 339 g/mol. The van der Waals surface area contributed by atoms with Gasteiger partial charge in [-0.3, -0.25) is 4.90 Å². The molecule has 1 aromatic rings. The number of rotatable bonds is 5. The van der Waals surface area contributed by atoms with Gasteiger partial charge in [0.1, 0.15) is 6.54 Å². The Kier molecular flexibility index (Phi) is 5.18. The molecule has 0 spiro atoms. The van der Waals surface area contributed by atoms with Gasteiger partial charge in [0.05, 0.1) is 6.26 Å². The normalized spacial score (nSPS) is 19.0. The molecule has 0 bridgehead atoms. The molecule has 0 amide bonds. The van der Waals surface area contributed by atoms with Crippen LogP contribution in [0, 0.1) is 0 Å². The molecule has 1 aliphatic heterocycles. The van der Waals surface area contributed by atoms with E-state index in [9.17, 15) is 21.6 Å². The zero-order valence-electron chi connectivity index (χ0n) is 12.3. The van der Waals surface area contributed by atoms with Crippen molar-refractivity contribution in [3.63, 3.8) is 0 Å². The number of aromatic nitrogens is 1. The molecule has 1 aliphatic rings. The Balaban J connectivity index is 1.95. The summed E-state index contributed by atoms with van der Waals surface area (Å²) in [7, 11) is -3.88. The summed E-state index contributed by atoms with van der Waals surface area (Å²) in [5.41, 5.74) is 1.04. The number of alkyl halides is 3. The van der Waals surface area contributed by atoms with Gasteiger partial charge in [0.25, 0.3) is 0 Å². The van der Waals surface area contributed by atoms with Crippen LogP contribution in [0.2, 0.25) is 0 Å². The van der Waals surface area contributed by atoms with Crippen LogP contribution in [0.1, 0.15) is 18.5 Å². The second-order valence-corrected chi connectivity index (χ2v) is 7.56. The lowest BCUT2D eigenvalue weighted by molar-refractivity contribution is -0.140. The van der Waals surface area contributed by atoms with Crippen molar-refractivity contribution in [3.8, 4) is 0 Å². The zero-order chi connectivity index (χ0) is 16.4. The van der Waals surface area contributed by atoms with Crippen molar-refractivity contribution in [3.05, 3.63) is 24.0 Å². The highest BCUT2D eigenvalue weighted by Crippen LogP contribution is 2.25. The number of aromatic amines is 1. The standard InChI is InChI=1S/C13H20F3N3O2S/c1-22(20,21)19(10-13(14,15)16)12-4-7-18(8-5-12)9-11-3-2-6-17-11/h2-3,6,12,17H,4-5,7-10H2,1H3. The van der Waals surface area contributed by atoms with Gasteiger partial charge in [-0.25, -0.2) is 8.42 Å². The summed E-state index contributed by atoms with van der Waals surface area (Å²) < 4.78 is 61.7. The molecule has 0 aliphatic carbocycles. The van der Waals surface area contributed by atoms with Gasteiger partial charge in [-0.05, 0) is 25.0 Å². The molecule has 2 heterocycles. The number of H-pyrrole nitrogens is 1. The first kappa shape index (κ1) is 17.3. The molecule has 5 nitrogen and oxygen atoms in total. The van der Waals surface area contributed by atoms with Crippen LogP contribution in [0.4, 0.5) is 13.2 Å². The van der Waals surface area contributed by atoms with Gasteiger partial charge in [0.2, 0.25) is 10.0 Å². The Morgan fingerprint density at radius 2 is 2.00 bits per heavy atom. The molecule has 0 aromatic carbocycles. The molecule has 0 saturated carbocycles. The highest BCUT2D eigenvalue weighted by molar-refractivity contribution is 7.88. The molecule has 2 rings (SSSR count). The average Bonchev–Trinajstić information content (AvgIpc) is 2.88. The van der Waals surface area contributed by atoms with E-state index >= 15 is 0 Å². The predicted octanol–water partition coefficient (Wildman–Crippen LogP) is 1.80. The Morgan fingerprint density at radius 3 is 2.45 bits per heavy atom. The fourth-order valence-corrected chi connectivity index (χ4v) is 3.90. The van der Waals surface area contributed by atoms with Gasteiger partial charge in [-0.2, -0.15) is 17.5 Å². The van der Waals surface area contributed by atoms with Gasteiger partial charge in [0, 0.05) is 37.6 Å². The topological polar surface area (TPSA) is 56.4 Å². The lowest BCUT2D eigenvalue weighted by atomic mass is 10.0. The molecule has 22 heavy (non-hydrogen) atoms. The minimum absolute atomic E-state index is 0.407. The lowest BCUT2D eigenvalue weighted by Crippen LogP contribution is -2.49. The number of nitrogens with one attached hydrogen (secondary N) is 1. The van der Waals surface area contributed by atoms with E-state index in [2.05, 4.69) is 9.88 Å². The van der Waals surface area contributed by atoms with E-state index in [-0.39, 0.29) is 0 Å². The Bertz CT molecular complexity index is 564. The molecule has 1 fully saturated rings. The fourth-order valence-electron chi connectivity index (χ4n) is 2.77. The third-order valence-electron chi connectivity index (χ3n) is 3.78. The highest BCUT2D eigenvalue weighted by atomic mass is 32.2. The first-order chi connectivity index (χ1) is 10.1. The summed E-state index contributed by atoms with van der Waals surface area (Å²) in [5.74, 6) is 0. The van der Waals surface area contributed by atoms with Crippen LogP contribution < -0.4 is 0 Å². The van der Waals surface area contributed by atoms with E-state index in [0.717, 1.165) is 11.9 Å². The van der Waals surface area contributed by atoms with E-state index in [4.69, 9.17) is 0 Å². The summed E-state index contributed by atoms with van der Waals surface area (Å²) in [6.45, 7) is 0.437. The van der Waals surface area contributed by atoms with E-state index < -0.39 is 28.8 Å². The van der Waals surface area contributed by atoms with Crippen molar-refractivity contribution in [2.24, 2.45) is 0 Å². The molecule has 1 N–H and O–H groups in total. The third kappa shape index (κ3) is 4.99. The SMILES string of the molecule is CS(=O)(=O)N(CC(F)(F)F)C1CCN(Cc2ccc[nH]2)CC1. The Morgan fingerprint density at radius 1 is 1.36 bits per heavy atom. The average molecular weight is 339 g/mol. The van der Waals surface area contributed by atoms with Crippen LogP contribution in [0.15, 0.2) is 18.3 Å². The quantitative estimate of drug-likeness (QED) is 0.890. The summed E-state index contributed by atoms with van der Waals surface area (Å²) in [6, 6.07) is 3.24. The summed E-state index contributed by atoms with van der Waals surface area (Å²) in [4.78, 5) is 5.18. The zero-order valence-corrected chi connectivity index (χ0v) is 13.1. The minimum atomic E-state index is -4.52. The Labute approximate surface area is 128 Å². The van der Waals surface area contributed by atoms with Gasteiger partial charge in [0.15, 0.2) is 0 Å². The van der Waals surface area contributed by atoms with Crippen molar-refractivity contribution < 1.29 is 21.6 Å². The number of halogens is 3. The van der Waals surface area contributed by atoms with Crippen LogP contribution in [0.3, 0.4) is 0 Å². The van der Waals surface area contributed by atoms with Crippen molar-refractivity contribution in [2.45, 2.75) is 31.6 Å². The van der Waals surface area contributed by atoms with Crippen molar-refractivity contribution in [1.82, 2.24) is 14.2 Å². The maximum atomic E-state index is 12.6. The second-order valence-electron chi connectivity index (χ2n) is 5.63.